The highest BCUT2D eigenvalue weighted by Gasteiger charge is 2.27. The molecule has 5 rings (SSSR count). The van der Waals surface area contributed by atoms with Crippen LogP contribution in [-0.2, 0) is 4.79 Å². The maximum absolute atomic E-state index is 11.4. The Bertz CT molecular complexity index is 1210. The van der Waals surface area contributed by atoms with Gasteiger partial charge in [-0.1, -0.05) is 42.1 Å². The van der Waals surface area contributed by atoms with E-state index in [2.05, 4.69) is 40.3 Å². The Morgan fingerprint density at radius 1 is 1.14 bits per heavy atom. The lowest BCUT2D eigenvalue weighted by atomic mass is 9.99. The Morgan fingerprint density at radius 2 is 1.93 bits per heavy atom. The zero-order chi connectivity index (χ0) is 19.3. The Labute approximate surface area is 166 Å². The molecule has 28 heavy (non-hydrogen) atoms. The van der Waals surface area contributed by atoms with Gasteiger partial charge in [-0.3, -0.25) is 9.36 Å². The summed E-state index contributed by atoms with van der Waals surface area (Å²) >= 11 is 1.24. The summed E-state index contributed by atoms with van der Waals surface area (Å²) in [5, 5.41) is 11.8. The molecule has 0 amide bonds. The molecule has 0 radical (unpaired) electrons. The van der Waals surface area contributed by atoms with Gasteiger partial charge in [-0.15, -0.1) is 0 Å². The molecular formula is C22H19N3O2S. The van der Waals surface area contributed by atoms with Gasteiger partial charge in [0.25, 0.3) is 0 Å². The van der Waals surface area contributed by atoms with Crippen molar-refractivity contribution < 1.29 is 9.90 Å². The van der Waals surface area contributed by atoms with Crippen LogP contribution >= 0.6 is 11.8 Å². The summed E-state index contributed by atoms with van der Waals surface area (Å²) in [7, 11) is 0. The summed E-state index contributed by atoms with van der Waals surface area (Å²) in [6.07, 6.45) is 4.21. The van der Waals surface area contributed by atoms with Crippen molar-refractivity contribution in [2.24, 2.45) is 0 Å². The van der Waals surface area contributed by atoms with Gasteiger partial charge in [-0.2, -0.15) is 0 Å². The monoisotopic (exact) mass is 389 g/mol. The third kappa shape index (κ3) is 2.85. The second kappa shape index (κ2) is 6.63. The largest absolute Gasteiger partial charge is 0.480 e. The number of rotatable bonds is 5. The third-order valence-corrected chi connectivity index (χ3v) is 6.26. The number of carboxylic acid groups (broad SMARTS) is 1. The molecule has 140 valence electrons. The average Bonchev–Trinajstić information content (AvgIpc) is 3.48. The molecular weight excluding hydrogens is 370 g/mol. The SMILES string of the molecule is C[C@H](Sc1nc2ncccc2n1-c1ccc(C2CC2)c2ccccc12)C(=O)O. The summed E-state index contributed by atoms with van der Waals surface area (Å²) in [5.74, 6) is -0.202. The average molecular weight is 389 g/mol. The van der Waals surface area contributed by atoms with E-state index in [1.807, 2.05) is 22.8 Å². The number of thioether (sulfide) groups is 1. The maximum atomic E-state index is 11.4. The van der Waals surface area contributed by atoms with Gasteiger partial charge in [0.1, 0.15) is 5.25 Å². The zero-order valence-corrected chi connectivity index (χ0v) is 16.2. The molecule has 0 spiro atoms. The highest BCUT2D eigenvalue weighted by molar-refractivity contribution is 8.00. The molecule has 0 bridgehead atoms. The van der Waals surface area contributed by atoms with E-state index >= 15 is 0 Å². The first-order chi connectivity index (χ1) is 13.6. The van der Waals surface area contributed by atoms with Crippen molar-refractivity contribution in [3.8, 4) is 5.69 Å². The third-order valence-electron chi connectivity index (χ3n) is 5.22. The van der Waals surface area contributed by atoms with E-state index in [9.17, 15) is 9.90 Å². The predicted octanol–water partition coefficient (Wildman–Crippen LogP) is 5.02. The van der Waals surface area contributed by atoms with Crippen LogP contribution in [0.2, 0.25) is 0 Å². The number of aliphatic carboxylic acids is 1. The van der Waals surface area contributed by atoms with Crippen molar-refractivity contribution in [2.45, 2.75) is 36.1 Å². The number of nitrogens with zero attached hydrogens (tertiary/aromatic N) is 3. The number of pyridine rings is 1. The normalized spacial score (nSPS) is 15.2. The molecule has 1 saturated carbocycles. The summed E-state index contributed by atoms with van der Waals surface area (Å²) in [6.45, 7) is 1.68. The number of benzene rings is 2. The Morgan fingerprint density at radius 3 is 2.68 bits per heavy atom. The zero-order valence-electron chi connectivity index (χ0n) is 15.4. The highest BCUT2D eigenvalue weighted by Crippen LogP contribution is 2.44. The molecule has 2 heterocycles. The van der Waals surface area contributed by atoms with Gasteiger partial charge in [0.05, 0.1) is 11.2 Å². The van der Waals surface area contributed by atoms with Crippen molar-refractivity contribution in [2.75, 3.05) is 0 Å². The minimum atomic E-state index is -0.856. The van der Waals surface area contributed by atoms with E-state index in [1.54, 1.807) is 13.1 Å². The van der Waals surface area contributed by atoms with Crippen molar-refractivity contribution >= 4 is 39.7 Å². The van der Waals surface area contributed by atoms with Gasteiger partial charge in [0, 0.05) is 11.6 Å². The van der Waals surface area contributed by atoms with Crippen LogP contribution in [0.3, 0.4) is 0 Å². The van der Waals surface area contributed by atoms with Gasteiger partial charge < -0.3 is 5.11 Å². The van der Waals surface area contributed by atoms with E-state index in [-0.39, 0.29) is 0 Å². The van der Waals surface area contributed by atoms with Crippen LogP contribution in [0.5, 0.6) is 0 Å². The first-order valence-electron chi connectivity index (χ1n) is 9.38. The van der Waals surface area contributed by atoms with E-state index in [4.69, 9.17) is 0 Å². The highest BCUT2D eigenvalue weighted by atomic mass is 32.2. The minimum absolute atomic E-state index is 0.604. The van der Waals surface area contributed by atoms with E-state index in [0.717, 1.165) is 16.6 Å². The summed E-state index contributed by atoms with van der Waals surface area (Å²) < 4.78 is 2.05. The van der Waals surface area contributed by atoms with Crippen LogP contribution in [0.4, 0.5) is 0 Å². The first-order valence-corrected chi connectivity index (χ1v) is 10.3. The molecule has 1 fully saturated rings. The van der Waals surface area contributed by atoms with Crippen LogP contribution in [-0.4, -0.2) is 30.9 Å². The van der Waals surface area contributed by atoms with Crippen LogP contribution in [0.1, 0.15) is 31.2 Å². The molecule has 4 aromatic rings. The minimum Gasteiger partial charge on any atom is -0.480 e. The van der Waals surface area contributed by atoms with Gasteiger partial charge in [-0.25, -0.2) is 9.97 Å². The van der Waals surface area contributed by atoms with Crippen molar-refractivity contribution in [1.82, 2.24) is 14.5 Å². The molecule has 1 aliphatic rings. The standard InChI is InChI=1S/C22H19N3O2S/c1-13(21(26)27)28-22-24-20-19(7-4-12-23-20)25(22)18-11-10-15(14-8-9-14)16-5-2-3-6-17(16)18/h2-7,10-14H,8-9H2,1H3,(H,26,27)/t13-/m0/s1. The number of carboxylic acids is 1. The number of carbonyl (C=O) groups is 1. The molecule has 6 heteroatoms. The fourth-order valence-electron chi connectivity index (χ4n) is 3.66. The lowest BCUT2D eigenvalue weighted by molar-refractivity contribution is -0.136. The fourth-order valence-corrected chi connectivity index (χ4v) is 4.52. The fraction of sp³-hybridized carbons (Fsp3) is 0.227. The second-order valence-corrected chi connectivity index (χ2v) is 8.48. The Balaban J connectivity index is 1.77. The molecule has 0 saturated heterocycles. The molecule has 0 unspecified atom stereocenters. The number of imidazole rings is 1. The maximum Gasteiger partial charge on any atom is 0.316 e. The van der Waals surface area contributed by atoms with E-state index < -0.39 is 11.2 Å². The van der Waals surface area contributed by atoms with Crippen molar-refractivity contribution in [3.63, 3.8) is 0 Å². The van der Waals surface area contributed by atoms with Gasteiger partial charge in [0.2, 0.25) is 0 Å². The number of fused-ring (bicyclic) bond motifs is 2. The first kappa shape index (κ1) is 17.3. The number of hydrogen-bond donors (Lipinski definition) is 1. The molecule has 2 aromatic carbocycles. The van der Waals surface area contributed by atoms with Crippen LogP contribution in [0.15, 0.2) is 59.9 Å². The van der Waals surface area contributed by atoms with Crippen LogP contribution in [0.25, 0.3) is 27.6 Å². The molecule has 0 aliphatic heterocycles. The molecule has 1 N–H and O–H groups in total. The van der Waals surface area contributed by atoms with Crippen LogP contribution in [0, 0.1) is 0 Å². The smallest absolute Gasteiger partial charge is 0.316 e. The Kier molecular flexibility index (Phi) is 4.09. The summed E-state index contributed by atoms with van der Waals surface area (Å²) in [4.78, 5) is 20.5. The molecule has 5 nitrogen and oxygen atoms in total. The van der Waals surface area contributed by atoms with Gasteiger partial charge in [0.15, 0.2) is 10.8 Å². The summed E-state index contributed by atoms with van der Waals surface area (Å²) in [5.41, 5.74) is 3.91. The second-order valence-electron chi connectivity index (χ2n) is 7.17. The number of aromatic nitrogens is 3. The topological polar surface area (TPSA) is 68.0 Å². The summed E-state index contributed by atoms with van der Waals surface area (Å²) in [6, 6.07) is 16.7. The lowest BCUT2D eigenvalue weighted by Crippen LogP contribution is -2.12. The van der Waals surface area contributed by atoms with Gasteiger partial charge in [-0.05, 0) is 54.8 Å². The van der Waals surface area contributed by atoms with Crippen molar-refractivity contribution in [3.05, 3.63) is 60.3 Å². The van der Waals surface area contributed by atoms with E-state index in [1.165, 1.54) is 35.6 Å². The number of hydrogen-bond acceptors (Lipinski definition) is 4. The molecule has 2 aromatic heterocycles. The lowest BCUT2D eigenvalue weighted by Gasteiger charge is -2.15. The predicted molar refractivity (Wildman–Crippen MR) is 111 cm³/mol. The van der Waals surface area contributed by atoms with E-state index in [0.29, 0.717) is 16.7 Å². The van der Waals surface area contributed by atoms with Crippen LogP contribution < -0.4 is 0 Å². The molecule has 1 aliphatic carbocycles. The quantitative estimate of drug-likeness (QED) is 0.486. The van der Waals surface area contributed by atoms with Gasteiger partial charge >= 0.3 is 5.97 Å². The Hall–Kier alpha value is -2.86. The van der Waals surface area contributed by atoms with Crippen molar-refractivity contribution in [1.29, 1.82) is 0 Å². The molecule has 1 atom stereocenters.